The van der Waals surface area contributed by atoms with Crippen LogP contribution < -0.4 is 20.5 Å². The van der Waals surface area contributed by atoms with E-state index < -0.39 is 0 Å². The normalized spacial score (nSPS) is 10.4. The van der Waals surface area contributed by atoms with Gasteiger partial charge < -0.3 is 19.9 Å². The summed E-state index contributed by atoms with van der Waals surface area (Å²) in [5.74, 6) is 0.883. The number of aryl methyl sites for hydroxylation is 1. The molecule has 28 heavy (non-hydrogen) atoms. The van der Waals surface area contributed by atoms with Crippen LogP contribution in [-0.4, -0.2) is 39.3 Å². The van der Waals surface area contributed by atoms with Crippen LogP contribution in [0.3, 0.4) is 0 Å². The Morgan fingerprint density at radius 1 is 1.14 bits per heavy atom. The Labute approximate surface area is 165 Å². The van der Waals surface area contributed by atoms with E-state index >= 15 is 0 Å². The first-order valence-corrected chi connectivity index (χ1v) is 9.06. The molecule has 7 heteroatoms. The minimum atomic E-state index is -0.347. The lowest BCUT2D eigenvalue weighted by Gasteiger charge is -2.14. The predicted molar refractivity (Wildman–Crippen MR) is 109 cm³/mol. The van der Waals surface area contributed by atoms with Gasteiger partial charge in [-0.1, -0.05) is 24.3 Å². The SMILES string of the molecule is COCCCOc1cc(CCC(=O)NC(=N)N)ccc1-c1cccc(OC)c1. The Kier molecular flexibility index (Phi) is 8.30. The molecule has 150 valence electrons. The Morgan fingerprint density at radius 3 is 2.68 bits per heavy atom. The first-order chi connectivity index (χ1) is 13.5. The third-order valence-corrected chi connectivity index (χ3v) is 4.09. The third kappa shape index (κ3) is 6.59. The Balaban J connectivity index is 2.20. The molecule has 2 aromatic rings. The van der Waals surface area contributed by atoms with Crippen molar-refractivity contribution in [1.82, 2.24) is 5.32 Å². The molecule has 2 aromatic carbocycles. The quantitative estimate of drug-likeness (QED) is 0.331. The summed E-state index contributed by atoms with van der Waals surface area (Å²) in [5.41, 5.74) is 8.09. The maximum atomic E-state index is 11.7. The van der Waals surface area contributed by atoms with Crippen LogP contribution in [-0.2, 0) is 16.0 Å². The van der Waals surface area contributed by atoms with Crippen molar-refractivity contribution in [3.05, 3.63) is 48.0 Å². The molecule has 0 fully saturated rings. The maximum Gasteiger partial charge on any atom is 0.226 e. The Morgan fingerprint density at radius 2 is 1.96 bits per heavy atom. The van der Waals surface area contributed by atoms with E-state index in [1.165, 1.54) is 0 Å². The number of methoxy groups -OCH3 is 2. The molecular formula is C21H27N3O4. The molecule has 0 aliphatic rings. The van der Waals surface area contributed by atoms with E-state index in [9.17, 15) is 4.79 Å². The van der Waals surface area contributed by atoms with Gasteiger partial charge in [0.2, 0.25) is 5.91 Å². The second-order valence-electron chi connectivity index (χ2n) is 6.22. The van der Waals surface area contributed by atoms with E-state index in [0.717, 1.165) is 34.6 Å². The number of nitrogens with one attached hydrogen (secondary N) is 2. The first kappa shape index (κ1) is 21.2. The van der Waals surface area contributed by atoms with Gasteiger partial charge in [-0.3, -0.25) is 15.5 Å². The number of carbonyl (C=O) groups is 1. The third-order valence-electron chi connectivity index (χ3n) is 4.09. The van der Waals surface area contributed by atoms with Crippen molar-refractivity contribution in [2.45, 2.75) is 19.3 Å². The van der Waals surface area contributed by atoms with Crippen LogP contribution in [0, 0.1) is 5.41 Å². The van der Waals surface area contributed by atoms with Crippen LogP contribution in [0.5, 0.6) is 11.5 Å². The van der Waals surface area contributed by atoms with Gasteiger partial charge >= 0.3 is 0 Å². The van der Waals surface area contributed by atoms with Crippen LogP contribution in [0.4, 0.5) is 0 Å². The highest BCUT2D eigenvalue weighted by molar-refractivity contribution is 5.94. The fraction of sp³-hybridized carbons (Fsp3) is 0.333. The van der Waals surface area contributed by atoms with E-state index in [0.29, 0.717) is 19.6 Å². The average Bonchev–Trinajstić information content (AvgIpc) is 2.69. The van der Waals surface area contributed by atoms with Crippen LogP contribution >= 0.6 is 0 Å². The highest BCUT2D eigenvalue weighted by atomic mass is 16.5. The lowest BCUT2D eigenvalue weighted by atomic mass is 10.0. The van der Waals surface area contributed by atoms with Crippen LogP contribution in [0.15, 0.2) is 42.5 Å². The number of amides is 1. The zero-order valence-corrected chi connectivity index (χ0v) is 16.3. The molecule has 0 radical (unpaired) electrons. The van der Waals surface area contributed by atoms with Crippen molar-refractivity contribution < 1.29 is 19.0 Å². The average molecular weight is 385 g/mol. The minimum absolute atomic E-state index is 0.237. The molecule has 0 saturated heterocycles. The monoisotopic (exact) mass is 385 g/mol. The molecular weight excluding hydrogens is 358 g/mol. The molecule has 0 heterocycles. The number of hydrogen-bond acceptors (Lipinski definition) is 5. The van der Waals surface area contributed by atoms with Gasteiger partial charge in [0.1, 0.15) is 11.5 Å². The summed E-state index contributed by atoms with van der Waals surface area (Å²) in [5, 5.41) is 9.40. The number of guanidine groups is 1. The van der Waals surface area contributed by atoms with E-state index in [-0.39, 0.29) is 18.3 Å². The van der Waals surface area contributed by atoms with E-state index in [2.05, 4.69) is 5.32 Å². The summed E-state index contributed by atoms with van der Waals surface area (Å²) < 4.78 is 16.4. The van der Waals surface area contributed by atoms with Crippen LogP contribution in [0.25, 0.3) is 11.1 Å². The molecule has 0 unspecified atom stereocenters. The lowest BCUT2D eigenvalue weighted by Crippen LogP contribution is -2.35. The molecule has 0 aliphatic heterocycles. The Hall–Kier alpha value is -3.06. The number of carbonyl (C=O) groups excluding carboxylic acids is 1. The molecule has 0 saturated carbocycles. The smallest absolute Gasteiger partial charge is 0.226 e. The van der Waals surface area contributed by atoms with Crippen molar-refractivity contribution >= 4 is 11.9 Å². The van der Waals surface area contributed by atoms with Crippen molar-refractivity contribution in [2.75, 3.05) is 27.4 Å². The van der Waals surface area contributed by atoms with Crippen LogP contribution in [0.2, 0.25) is 0 Å². The molecule has 0 aliphatic carbocycles. The van der Waals surface area contributed by atoms with Gasteiger partial charge in [0.15, 0.2) is 5.96 Å². The minimum Gasteiger partial charge on any atom is -0.497 e. The van der Waals surface area contributed by atoms with E-state index in [1.807, 2.05) is 42.5 Å². The summed E-state index contributed by atoms with van der Waals surface area (Å²) in [6.07, 6.45) is 1.53. The highest BCUT2D eigenvalue weighted by Crippen LogP contribution is 2.33. The van der Waals surface area contributed by atoms with Gasteiger partial charge in [-0.25, -0.2) is 0 Å². The Bertz CT molecular complexity index is 808. The second-order valence-corrected chi connectivity index (χ2v) is 6.22. The highest BCUT2D eigenvalue weighted by Gasteiger charge is 2.11. The van der Waals surface area contributed by atoms with Crippen molar-refractivity contribution in [2.24, 2.45) is 5.73 Å². The van der Waals surface area contributed by atoms with Crippen molar-refractivity contribution in [1.29, 1.82) is 5.41 Å². The van der Waals surface area contributed by atoms with Crippen molar-refractivity contribution in [3.63, 3.8) is 0 Å². The molecule has 4 N–H and O–H groups in total. The van der Waals surface area contributed by atoms with Gasteiger partial charge in [0.05, 0.1) is 13.7 Å². The van der Waals surface area contributed by atoms with Gasteiger partial charge in [-0.2, -0.15) is 0 Å². The molecule has 0 atom stereocenters. The van der Waals surface area contributed by atoms with E-state index in [1.54, 1.807) is 14.2 Å². The zero-order valence-electron chi connectivity index (χ0n) is 16.3. The molecule has 0 aromatic heterocycles. The number of hydrogen-bond donors (Lipinski definition) is 3. The van der Waals surface area contributed by atoms with E-state index in [4.69, 9.17) is 25.4 Å². The molecule has 2 rings (SSSR count). The second kappa shape index (κ2) is 10.9. The summed E-state index contributed by atoms with van der Waals surface area (Å²) in [4.78, 5) is 11.7. The van der Waals surface area contributed by atoms with Gasteiger partial charge in [-0.05, 0) is 35.7 Å². The number of rotatable bonds is 10. The lowest BCUT2D eigenvalue weighted by molar-refractivity contribution is -0.119. The fourth-order valence-corrected chi connectivity index (χ4v) is 2.73. The number of benzene rings is 2. The maximum absolute atomic E-state index is 11.7. The first-order valence-electron chi connectivity index (χ1n) is 9.06. The molecule has 0 spiro atoms. The van der Waals surface area contributed by atoms with Gasteiger partial charge in [-0.15, -0.1) is 0 Å². The molecule has 1 amide bonds. The van der Waals surface area contributed by atoms with Crippen molar-refractivity contribution in [3.8, 4) is 22.6 Å². The van der Waals surface area contributed by atoms with Gasteiger partial charge in [0, 0.05) is 32.1 Å². The number of ether oxygens (including phenoxy) is 3. The topological polar surface area (TPSA) is 107 Å². The fourth-order valence-electron chi connectivity index (χ4n) is 2.73. The molecule has 0 bridgehead atoms. The zero-order chi connectivity index (χ0) is 20.4. The van der Waals surface area contributed by atoms with Crippen LogP contribution in [0.1, 0.15) is 18.4 Å². The standard InChI is InChI=1S/C21H27N3O4/c1-26-11-4-12-28-19-13-15(8-10-20(25)24-21(22)23)7-9-18(19)16-5-3-6-17(14-16)27-2/h3,5-7,9,13-14H,4,8,10-12H2,1-2H3,(H4,22,23,24,25). The predicted octanol–water partition coefficient (Wildman–Crippen LogP) is 2.72. The summed E-state index contributed by atoms with van der Waals surface area (Å²) >= 11 is 0. The summed E-state index contributed by atoms with van der Waals surface area (Å²) in [6.45, 7) is 1.15. The van der Waals surface area contributed by atoms with Gasteiger partial charge in [0.25, 0.3) is 0 Å². The number of nitrogens with two attached hydrogens (primary N) is 1. The summed E-state index contributed by atoms with van der Waals surface area (Å²) in [6, 6.07) is 13.7. The summed E-state index contributed by atoms with van der Waals surface area (Å²) in [7, 11) is 3.30. The largest absolute Gasteiger partial charge is 0.497 e. The molecule has 7 nitrogen and oxygen atoms in total.